The van der Waals surface area contributed by atoms with Crippen LogP contribution in [-0.4, -0.2) is 17.9 Å². The Kier molecular flexibility index (Phi) is 3.28. The summed E-state index contributed by atoms with van der Waals surface area (Å²) in [7, 11) is 1.92. The highest BCUT2D eigenvalue weighted by Gasteiger charge is 2.12. The minimum atomic E-state index is 0.0256. The van der Waals surface area contributed by atoms with E-state index in [1.54, 1.807) is 18.3 Å². The van der Waals surface area contributed by atoms with Crippen LogP contribution >= 0.6 is 0 Å². The average Bonchev–Trinajstić information content (AvgIpc) is 2.38. The van der Waals surface area contributed by atoms with E-state index < -0.39 is 0 Å². The van der Waals surface area contributed by atoms with Gasteiger partial charge in [-0.1, -0.05) is 12.1 Å². The molecule has 4 nitrogen and oxygen atoms in total. The first kappa shape index (κ1) is 12.1. The van der Waals surface area contributed by atoms with Crippen molar-refractivity contribution < 1.29 is 0 Å². The number of nitrogens with zero attached hydrogens (tertiary/aromatic N) is 2. The number of nitrogen functional groups attached to an aromatic ring is 1. The van der Waals surface area contributed by atoms with Gasteiger partial charge in [0.15, 0.2) is 0 Å². The van der Waals surface area contributed by atoms with E-state index in [9.17, 15) is 0 Å². The second kappa shape index (κ2) is 4.87. The predicted molar refractivity (Wildman–Crippen MR) is 74.5 cm³/mol. The molecular weight excluding hydrogens is 224 g/mol. The Bertz CT molecular complexity index is 578. The maximum absolute atomic E-state index is 7.59. The van der Waals surface area contributed by atoms with Crippen LogP contribution < -0.4 is 10.6 Å². The standard InChI is InChI=1S/C14H16N4/c1-10-5-3-6-11(9-10)18(2)14-12(13(15)16)7-4-8-17-14/h3-9H,1-2H3,(H3,15,16). The molecule has 92 valence electrons. The van der Waals surface area contributed by atoms with Gasteiger partial charge in [0.05, 0.1) is 5.56 Å². The van der Waals surface area contributed by atoms with E-state index in [0.29, 0.717) is 11.4 Å². The SMILES string of the molecule is Cc1cccc(N(C)c2ncccc2C(=N)N)c1. The van der Waals surface area contributed by atoms with Gasteiger partial charge in [-0.2, -0.15) is 0 Å². The van der Waals surface area contributed by atoms with Gasteiger partial charge in [0.1, 0.15) is 11.7 Å². The van der Waals surface area contributed by atoms with E-state index in [0.717, 1.165) is 5.69 Å². The molecule has 1 aromatic heterocycles. The third kappa shape index (κ3) is 2.32. The van der Waals surface area contributed by atoms with Crippen LogP contribution in [0.5, 0.6) is 0 Å². The molecule has 0 fully saturated rings. The number of hydrogen-bond donors (Lipinski definition) is 2. The molecule has 18 heavy (non-hydrogen) atoms. The Hall–Kier alpha value is -2.36. The molecule has 4 heteroatoms. The summed E-state index contributed by atoms with van der Waals surface area (Å²) in [6.45, 7) is 2.04. The molecule has 0 spiro atoms. The molecule has 0 aliphatic carbocycles. The molecule has 0 bridgehead atoms. The van der Waals surface area contributed by atoms with Crippen molar-refractivity contribution in [1.82, 2.24) is 4.98 Å². The first-order valence-electron chi connectivity index (χ1n) is 5.69. The lowest BCUT2D eigenvalue weighted by Gasteiger charge is -2.21. The first-order valence-corrected chi connectivity index (χ1v) is 5.69. The summed E-state index contributed by atoms with van der Waals surface area (Å²) in [5.41, 5.74) is 8.42. The number of benzene rings is 1. The van der Waals surface area contributed by atoms with Gasteiger partial charge >= 0.3 is 0 Å². The highest BCUT2D eigenvalue weighted by Crippen LogP contribution is 2.24. The van der Waals surface area contributed by atoms with Crippen LogP contribution in [0.2, 0.25) is 0 Å². The molecule has 1 heterocycles. The summed E-state index contributed by atoms with van der Waals surface area (Å²) < 4.78 is 0. The zero-order valence-corrected chi connectivity index (χ0v) is 10.5. The Balaban J connectivity index is 2.46. The van der Waals surface area contributed by atoms with Crippen LogP contribution in [0.1, 0.15) is 11.1 Å². The van der Waals surface area contributed by atoms with Gasteiger partial charge in [0, 0.05) is 18.9 Å². The number of anilines is 2. The topological polar surface area (TPSA) is 66.0 Å². The Morgan fingerprint density at radius 2 is 2.06 bits per heavy atom. The minimum absolute atomic E-state index is 0.0256. The molecule has 0 saturated carbocycles. The fourth-order valence-electron chi connectivity index (χ4n) is 1.83. The monoisotopic (exact) mass is 240 g/mol. The summed E-state index contributed by atoms with van der Waals surface area (Å²) in [5, 5.41) is 7.59. The van der Waals surface area contributed by atoms with Crippen molar-refractivity contribution in [3.63, 3.8) is 0 Å². The number of nitrogens with one attached hydrogen (secondary N) is 1. The van der Waals surface area contributed by atoms with Gasteiger partial charge in [-0.3, -0.25) is 5.41 Å². The molecule has 0 atom stereocenters. The van der Waals surface area contributed by atoms with Crippen LogP contribution in [0.4, 0.5) is 11.5 Å². The van der Waals surface area contributed by atoms with Crippen molar-refractivity contribution in [3.05, 3.63) is 53.7 Å². The minimum Gasteiger partial charge on any atom is -0.384 e. The first-order chi connectivity index (χ1) is 8.59. The van der Waals surface area contributed by atoms with Crippen LogP contribution in [0.15, 0.2) is 42.6 Å². The Labute approximate surface area is 107 Å². The molecule has 0 aliphatic rings. The van der Waals surface area contributed by atoms with Crippen molar-refractivity contribution in [2.45, 2.75) is 6.92 Å². The highest BCUT2D eigenvalue weighted by molar-refractivity contribution is 6.00. The van der Waals surface area contributed by atoms with E-state index in [2.05, 4.69) is 11.1 Å². The number of nitrogens with two attached hydrogens (primary N) is 1. The summed E-state index contributed by atoms with van der Waals surface area (Å²) >= 11 is 0. The fourth-order valence-corrected chi connectivity index (χ4v) is 1.83. The van der Waals surface area contributed by atoms with Crippen LogP contribution in [-0.2, 0) is 0 Å². The molecule has 1 aromatic carbocycles. The van der Waals surface area contributed by atoms with E-state index in [4.69, 9.17) is 11.1 Å². The van der Waals surface area contributed by atoms with E-state index in [-0.39, 0.29) is 5.84 Å². The quantitative estimate of drug-likeness (QED) is 0.639. The highest BCUT2D eigenvalue weighted by atomic mass is 15.2. The normalized spacial score (nSPS) is 10.1. The predicted octanol–water partition coefficient (Wildman–Crippen LogP) is 2.44. The number of hydrogen-bond acceptors (Lipinski definition) is 3. The summed E-state index contributed by atoms with van der Waals surface area (Å²) in [6, 6.07) is 11.7. The summed E-state index contributed by atoms with van der Waals surface area (Å²) in [6.07, 6.45) is 1.70. The lowest BCUT2D eigenvalue weighted by Crippen LogP contribution is -2.19. The molecule has 2 aromatic rings. The van der Waals surface area contributed by atoms with E-state index in [1.165, 1.54) is 5.56 Å². The fraction of sp³-hybridized carbons (Fsp3) is 0.143. The molecule has 0 amide bonds. The van der Waals surface area contributed by atoms with E-state index in [1.807, 2.05) is 37.1 Å². The molecule has 0 unspecified atom stereocenters. The van der Waals surface area contributed by atoms with Crippen molar-refractivity contribution in [3.8, 4) is 0 Å². The van der Waals surface area contributed by atoms with Gasteiger partial charge < -0.3 is 10.6 Å². The lowest BCUT2D eigenvalue weighted by molar-refractivity contribution is 1.11. The molecule has 0 radical (unpaired) electrons. The Morgan fingerprint density at radius 1 is 1.28 bits per heavy atom. The van der Waals surface area contributed by atoms with Gasteiger partial charge in [0.25, 0.3) is 0 Å². The number of pyridine rings is 1. The third-order valence-electron chi connectivity index (χ3n) is 2.78. The molecule has 2 rings (SSSR count). The van der Waals surface area contributed by atoms with Crippen LogP contribution in [0, 0.1) is 12.3 Å². The van der Waals surface area contributed by atoms with E-state index >= 15 is 0 Å². The van der Waals surface area contributed by atoms with Gasteiger partial charge in [-0.25, -0.2) is 4.98 Å². The molecule has 0 saturated heterocycles. The Morgan fingerprint density at radius 3 is 2.72 bits per heavy atom. The molecule has 0 aliphatic heterocycles. The zero-order chi connectivity index (χ0) is 13.1. The third-order valence-corrected chi connectivity index (χ3v) is 2.78. The maximum atomic E-state index is 7.59. The largest absolute Gasteiger partial charge is 0.384 e. The lowest BCUT2D eigenvalue weighted by atomic mass is 10.2. The number of aryl methyl sites for hydroxylation is 1. The second-order valence-corrected chi connectivity index (χ2v) is 4.19. The summed E-state index contributed by atoms with van der Waals surface area (Å²) in [4.78, 5) is 6.25. The smallest absolute Gasteiger partial charge is 0.143 e. The van der Waals surface area contributed by atoms with Gasteiger partial charge in [-0.15, -0.1) is 0 Å². The maximum Gasteiger partial charge on any atom is 0.143 e. The second-order valence-electron chi connectivity index (χ2n) is 4.19. The van der Waals surface area contributed by atoms with Crippen LogP contribution in [0.25, 0.3) is 0 Å². The number of amidine groups is 1. The van der Waals surface area contributed by atoms with Crippen molar-refractivity contribution in [1.29, 1.82) is 5.41 Å². The van der Waals surface area contributed by atoms with Crippen molar-refractivity contribution in [2.24, 2.45) is 5.73 Å². The molecular formula is C14H16N4. The van der Waals surface area contributed by atoms with Crippen molar-refractivity contribution in [2.75, 3.05) is 11.9 Å². The van der Waals surface area contributed by atoms with Crippen LogP contribution in [0.3, 0.4) is 0 Å². The number of rotatable bonds is 3. The average molecular weight is 240 g/mol. The molecule has 3 N–H and O–H groups in total. The van der Waals surface area contributed by atoms with Crippen molar-refractivity contribution >= 4 is 17.3 Å². The number of aromatic nitrogens is 1. The zero-order valence-electron chi connectivity index (χ0n) is 10.5. The summed E-state index contributed by atoms with van der Waals surface area (Å²) in [5.74, 6) is 0.716. The van der Waals surface area contributed by atoms with Gasteiger partial charge in [0.2, 0.25) is 0 Å². The van der Waals surface area contributed by atoms with Gasteiger partial charge in [-0.05, 0) is 36.8 Å².